The molecule has 21 heavy (non-hydrogen) atoms. The summed E-state index contributed by atoms with van der Waals surface area (Å²) in [6.07, 6.45) is 4.96. The van der Waals surface area contributed by atoms with E-state index in [0.717, 1.165) is 43.1 Å². The topological polar surface area (TPSA) is 86.2 Å². The van der Waals surface area contributed by atoms with Gasteiger partial charge in [-0.1, -0.05) is 0 Å². The van der Waals surface area contributed by atoms with Crippen LogP contribution in [0.25, 0.3) is 6.08 Å². The molecule has 6 nitrogen and oxygen atoms in total. The molecule has 2 heterocycles. The van der Waals surface area contributed by atoms with E-state index < -0.39 is 0 Å². The Morgan fingerprint density at radius 1 is 1.48 bits per heavy atom. The van der Waals surface area contributed by atoms with Gasteiger partial charge in [-0.2, -0.15) is 5.26 Å². The van der Waals surface area contributed by atoms with Crippen molar-refractivity contribution >= 4 is 17.8 Å². The molecule has 0 unspecified atom stereocenters. The number of allylic oxidation sites excluding steroid dienone is 1. The fraction of sp³-hybridized carbons (Fsp3) is 0.400. The number of nitriles is 1. The highest BCUT2D eigenvalue weighted by Gasteiger charge is 2.20. The van der Waals surface area contributed by atoms with Crippen LogP contribution in [-0.4, -0.2) is 48.5 Å². The molecule has 110 valence electrons. The van der Waals surface area contributed by atoms with Gasteiger partial charge in [0, 0.05) is 38.5 Å². The molecule has 1 aromatic rings. The molecule has 1 aliphatic heterocycles. The number of hydrogen-bond acceptors (Lipinski definition) is 5. The lowest BCUT2D eigenvalue weighted by atomic mass is 10.1. The van der Waals surface area contributed by atoms with Crippen molar-refractivity contribution in [2.75, 3.05) is 37.6 Å². The van der Waals surface area contributed by atoms with E-state index >= 15 is 0 Å². The zero-order valence-corrected chi connectivity index (χ0v) is 12.1. The first-order valence-corrected chi connectivity index (χ1v) is 6.88. The minimum absolute atomic E-state index is 0.286. The molecule has 0 spiro atoms. The fourth-order valence-corrected chi connectivity index (χ4v) is 2.48. The molecule has 6 heteroatoms. The average molecular weight is 285 g/mol. The second kappa shape index (κ2) is 6.86. The SMILES string of the molecule is Cc1cc(C=CC#N)cnc1N1CCN(CC(N)=O)CC1. The maximum atomic E-state index is 10.9. The van der Waals surface area contributed by atoms with Crippen LogP contribution in [0.4, 0.5) is 5.82 Å². The van der Waals surface area contributed by atoms with Crippen LogP contribution in [-0.2, 0) is 4.79 Å². The van der Waals surface area contributed by atoms with Crippen LogP contribution in [0, 0.1) is 18.3 Å². The molecule has 0 saturated carbocycles. The lowest BCUT2D eigenvalue weighted by molar-refractivity contribution is -0.119. The molecule has 0 aromatic carbocycles. The first kappa shape index (κ1) is 15.0. The number of pyridine rings is 1. The van der Waals surface area contributed by atoms with E-state index in [-0.39, 0.29) is 5.91 Å². The number of carbonyl (C=O) groups is 1. The summed E-state index contributed by atoms with van der Waals surface area (Å²) < 4.78 is 0. The van der Waals surface area contributed by atoms with Crippen LogP contribution >= 0.6 is 0 Å². The van der Waals surface area contributed by atoms with Gasteiger partial charge in [0.15, 0.2) is 0 Å². The summed E-state index contributed by atoms with van der Waals surface area (Å²) in [6, 6.07) is 3.99. The molecule has 1 aliphatic rings. The first-order chi connectivity index (χ1) is 10.1. The normalized spacial score (nSPS) is 16.1. The summed E-state index contributed by atoms with van der Waals surface area (Å²) >= 11 is 0. The summed E-state index contributed by atoms with van der Waals surface area (Å²) in [5, 5.41) is 8.54. The van der Waals surface area contributed by atoms with Crippen molar-refractivity contribution in [3.05, 3.63) is 29.5 Å². The number of amides is 1. The summed E-state index contributed by atoms with van der Waals surface area (Å²) in [5.74, 6) is 0.675. The first-order valence-electron chi connectivity index (χ1n) is 6.88. The molecule has 0 atom stereocenters. The molecule has 2 N–H and O–H groups in total. The molecule has 0 radical (unpaired) electrons. The van der Waals surface area contributed by atoms with E-state index in [2.05, 4.69) is 14.8 Å². The van der Waals surface area contributed by atoms with Crippen molar-refractivity contribution < 1.29 is 4.79 Å². The summed E-state index contributed by atoms with van der Waals surface area (Å²) in [4.78, 5) is 19.7. The van der Waals surface area contributed by atoms with E-state index in [1.54, 1.807) is 12.3 Å². The molecule has 1 amide bonds. The number of nitrogens with two attached hydrogens (primary N) is 1. The van der Waals surface area contributed by atoms with Gasteiger partial charge in [0.2, 0.25) is 5.91 Å². The predicted molar refractivity (Wildman–Crippen MR) is 81.5 cm³/mol. The number of nitrogens with zero attached hydrogens (tertiary/aromatic N) is 4. The molecule has 0 aliphatic carbocycles. The molecule has 1 fully saturated rings. The Balaban J connectivity index is 2.02. The molecule has 1 aromatic heterocycles. The number of hydrogen-bond donors (Lipinski definition) is 1. The minimum Gasteiger partial charge on any atom is -0.369 e. The maximum absolute atomic E-state index is 10.9. The van der Waals surface area contributed by atoms with E-state index in [0.29, 0.717) is 6.54 Å². The van der Waals surface area contributed by atoms with Gasteiger partial charge in [0.05, 0.1) is 12.6 Å². The summed E-state index contributed by atoms with van der Waals surface area (Å²) in [5.41, 5.74) is 7.22. The Morgan fingerprint density at radius 3 is 2.76 bits per heavy atom. The zero-order chi connectivity index (χ0) is 15.2. The summed E-state index contributed by atoms with van der Waals surface area (Å²) in [6.45, 7) is 5.60. The second-order valence-corrected chi connectivity index (χ2v) is 5.10. The third-order valence-electron chi connectivity index (χ3n) is 3.47. The van der Waals surface area contributed by atoms with Crippen LogP contribution in [0.5, 0.6) is 0 Å². The molecule has 1 saturated heterocycles. The Morgan fingerprint density at radius 2 is 2.19 bits per heavy atom. The Hall–Kier alpha value is -2.39. The Labute approximate surface area is 124 Å². The number of rotatable bonds is 4. The van der Waals surface area contributed by atoms with E-state index in [1.807, 2.05) is 19.1 Å². The van der Waals surface area contributed by atoms with Gasteiger partial charge in [-0.3, -0.25) is 9.69 Å². The molecular weight excluding hydrogens is 266 g/mol. The molecular formula is C15H19N5O. The monoisotopic (exact) mass is 285 g/mol. The minimum atomic E-state index is -0.286. The maximum Gasteiger partial charge on any atom is 0.231 e. The highest BCUT2D eigenvalue weighted by atomic mass is 16.1. The summed E-state index contributed by atoms with van der Waals surface area (Å²) in [7, 11) is 0. The third-order valence-corrected chi connectivity index (χ3v) is 3.47. The number of carbonyl (C=O) groups excluding carboxylic acids is 1. The van der Waals surface area contributed by atoms with E-state index in [1.165, 1.54) is 6.08 Å². The number of aromatic nitrogens is 1. The lowest BCUT2D eigenvalue weighted by Crippen LogP contribution is -2.49. The van der Waals surface area contributed by atoms with Crippen LogP contribution in [0.15, 0.2) is 18.3 Å². The van der Waals surface area contributed by atoms with Crippen molar-refractivity contribution in [3.8, 4) is 6.07 Å². The van der Waals surface area contributed by atoms with Gasteiger partial charge in [0.1, 0.15) is 5.82 Å². The largest absolute Gasteiger partial charge is 0.369 e. The lowest BCUT2D eigenvalue weighted by Gasteiger charge is -2.35. The number of anilines is 1. The van der Waals surface area contributed by atoms with Crippen molar-refractivity contribution in [2.24, 2.45) is 5.73 Å². The average Bonchev–Trinajstić information content (AvgIpc) is 2.46. The van der Waals surface area contributed by atoms with Gasteiger partial charge in [0.25, 0.3) is 0 Å². The quantitative estimate of drug-likeness (QED) is 0.816. The van der Waals surface area contributed by atoms with Crippen molar-refractivity contribution in [1.29, 1.82) is 5.26 Å². The van der Waals surface area contributed by atoms with E-state index in [9.17, 15) is 4.79 Å². The van der Waals surface area contributed by atoms with E-state index in [4.69, 9.17) is 11.0 Å². The van der Waals surface area contributed by atoms with Crippen molar-refractivity contribution in [2.45, 2.75) is 6.92 Å². The van der Waals surface area contributed by atoms with Crippen molar-refractivity contribution in [1.82, 2.24) is 9.88 Å². The fourth-order valence-electron chi connectivity index (χ4n) is 2.48. The molecule has 2 rings (SSSR count). The zero-order valence-electron chi connectivity index (χ0n) is 12.1. The highest BCUT2D eigenvalue weighted by molar-refractivity contribution is 5.76. The molecule has 0 bridgehead atoms. The van der Waals surface area contributed by atoms with Crippen molar-refractivity contribution in [3.63, 3.8) is 0 Å². The van der Waals surface area contributed by atoms with Gasteiger partial charge >= 0.3 is 0 Å². The number of aryl methyl sites for hydroxylation is 1. The van der Waals surface area contributed by atoms with Gasteiger partial charge in [-0.05, 0) is 30.2 Å². The van der Waals surface area contributed by atoms with Crippen LogP contribution < -0.4 is 10.6 Å². The third kappa shape index (κ3) is 4.04. The Bertz CT molecular complexity index is 582. The number of primary amides is 1. The van der Waals surface area contributed by atoms with Gasteiger partial charge < -0.3 is 10.6 Å². The van der Waals surface area contributed by atoms with Crippen LogP contribution in [0.1, 0.15) is 11.1 Å². The van der Waals surface area contributed by atoms with Crippen LogP contribution in [0.3, 0.4) is 0 Å². The predicted octanol–water partition coefficient (Wildman–Crippen LogP) is 0.534. The van der Waals surface area contributed by atoms with Crippen LogP contribution in [0.2, 0.25) is 0 Å². The second-order valence-electron chi connectivity index (χ2n) is 5.10. The van der Waals surface area contributed by atoms with Gasteiger partial charge in [-0.15, -0.1) is 0 Å². The highest BCUT2D eigenvalue weighted by Crippen LogP contribution is 2.20. The Kier molecular flexibility index (Phi) is 4.90. The van der Waals surface area contributed by atoms with Gasteiger partial charge in [-0.25, -0.2) is 4.98 Å². The standard InChI is InChI=1S/C15H19N5O/c1-12-9-13(3-2-4-16)10-18-15(12)20-7-5-19(6-8-20)11-14(17)21/h2-3,9-10H,5-8,11H2,1H3,(H2,17,21). The number of piperazine rings is 1. The smallest absolute Gasteiger partial charge is 0.231 e.